The number of hydrogen-bond acceptors (Lipinski definition) is 2. The largest absolute Gasteiger partial charge is 0.481 e. The van der Waals surface area contributed by atoms with Gasteiger partial charge in [-0.15, -0.1) is 0 Å². The van der Waals surface area contributed by atoms with Gasteiger partial charge in [0.05, 0.1) is 0 Å². The molecule has 0 radical (unpaired) electrons. The van der Waals surface area contributed by atoms with Crippen LogP contribution in [0.3, 0.4) is 0 Å². The molecule has 3 rings (SSSR count). The number of nitrogens with two attached hydrogens (primary N) is 1. The molecule has 0 amide bonds. The Labute approximate surface area is 88.4 Å². The first-order valence-electron chi connectivity index (χ1n) is 4.96. The third-order valence-electron chi connectivity index (χ3n) is 2.66. The number of anilines is 1. The normalized spacial score (nSPS) is 21.3. The van der Waals surface area contributed by atoms with Crippen LogP contribution in [-0.2, 0) is 0 Å². The Morgan fingerprint density at radius 2 is 2.07 bits per heavy atom. The molecule has 2 nitrogen and oxygen atoms in total. The van der Waals surface area contributed by atoms with Crippen LogP contribution in [0.5, 0.6) is 5.75 Å². The van der Waals surface area contributed by atoms with Crippen molar-refractivity contribution in [1.82, 2.24) is 0 Å². The Hall–Kier alpha value is -1.96. The van der Waals surface area contributed by atoms with Crippen LogP contribution in [0.1, 0.15) is 5.56 Å². The number of allylic oxidation sites excluding steroid dienone is 4. The second kappa shape index (κ2) is 3.02. The summed E-state index contributed by atoms with van der Waals surface area (Å²) >= 11 is 0. The van der Waals surface area contributed by atoms with Crippen molar-refractivity contribution in [3.05, 3.63) is 54.1 Å². The average Bonchev–Trinajstić information content (AvgIpc) is 2.44. The molecule has 1 heterocycles. The van der Waals surface area contributed by atoms with Crippen LogP contribution in [0.4, 0.5) is 5.69 Å². The lowest BCUT2D eigenvalue weighted by atomic mass is 10.0. The van der Waals surface area contributed by atoms with Crippen LogP contribution in [0, 0.1) is 0 Å². The number of hydrogen-bond donors (Lipinski definition) is 1. The molecule has 0 saturated carbocycles. The molecule has 1 atom stereocenters. The van der Waals surface area contributed by atoms with Gasteiger partial charge < -0.3 is 10.5 Å². The molecule has 0 bridgehead atoms. The molecule has 0 spiro atoms. The number of fused-ring (bicyclic) bond motifs is 3. The number of nitrogen functional groups attached to an aromatic ring is 1. The number of ether oxygens (including phenoxy) is 1. The maximum atomic E-state index is 5.80. The Kier molecular flexibility index (Phi) is 1.68. The van der Waals surface area contributed by atoms with Gasteiger partial charge in [0.2, 0.25) is 0 Å². The van der Waals surface area contributed by atoms with E-state index in [1.807, 2.05) is 42.5 Å². The van der Waals surface area contributed by atoms with Crippen LogP contribution in [0.15, 0.2) is 48.6 Å². The second-order valence-corrected chi connectivity index (χ2v) is 3.69. The van der Waals surface area contributed by atoms with Crippen molar-refractivity contribution in [2.45, 2.75) is 6.10 Å². The molecule has 1 aromatic rings. The van der Waals surface area contributed by atoms with Crippen LogP contribution in [0.25, 0.3) is 5.57 Å². The third kappa shape index (κ3) is 1.26. The van der Waals surface area contributed by atoms with Crippen molar-refractivity contribution in [2.75, 3.05) is 5.73 Å². The zero-order valence-corrected chi connectivity index (χ0v) is 8.18. The fourth-order valence-corrected chi connectivity index (χ4v) is 1.95. The Morgan fingerprint density at radius 1 is 1.13 bits per heavy atom. The van der Waals surface area contributed by atoms with E-state index in [0.717, 1.165) is 17.0 Å². The zero-order valence-electron chi connectivity index (χ0n) is 8.18. The molecule has 1 aliphatic carbocycles. The Balaban J connectivity index is 2.18. The van der Waals surface area contributed by atoms with E-state index in [9.17, 15) is 0 Å². The first-order valence-corrected chi connectivity index (χ1v) is 4.96. The van der Waals surface area contributed by atoms with Crippen molar-refractivity contribution >= 4 is 11.3 Å². The summed E-state index contributed by atoms with van der Waals surface area (Å²) in [5, 5.41) is 0. The molecule has 15 heavy (non-hydrogen) atoms. The van der Waals surface area contributed by atoms with Gasteiger partial charge in [-0.1, -0.05) is 24.3 Å². The molecule has 0 saturated heterocycles. The quantitative estimate of drug-likeness (QED) is 0.649. The van der Waals surface area contributed by atoms with Crippen LogP contribution >= 0.6 is 0 Å². The summed E-state index contributed by atoms with van der Waals surface area (Å²) in [6, 6.07) is 5.76. The maximum absolute atomic E-state index is 5.80. The third-order valence-corrected chi connectivity index (χ3v) is 2.66. The molecule has 2 aliphatic rings. The van der Waals surface area contributed by atoms with Crippen LogP contribution < -0.4 is 10.5 Å². The van der Waals surface area contributed by atoms with Gasteiger partial charge in [-0.3, -0.25) is 0 Å². The summed E-state index contributed by atoms with van der Waals surface area (Å²) < 4.78 is 5.80. The standard InChI is InChI=1S/C13H11NO/c14-9-6-7-13-11(8-9)10-4-2-1-3-5-12(10)15-13/h1-8,12H,14H2. The maximum Gasteiger partial charge on any atom is 0.143 e. The lowest BCUT2D eigenvalue weighted by molar-refractivity contribution is 0.323. The summed E-state index contributed by atoms with van der Waals surface area (Å²) in [5.41, 5.74) is 8.84. The topological polar surface area (TPSA) is 35.2 Å². The van der Waals surface area contributed by atoms with Crippen molar-refractivity contribution in [3.63, 3.8) is 0 Å². The van der Waals surface area contributed by atoms with E-state index in [2.05, 4.69) is 6.08 Å². The summed E-state index contributed by atoms with van der Waals surface area (Å²) in [6.07, 6.45) is 10.2. The molecular formula is C13H11NO. The first-order chi connectivity index (χ1) is 7.34. The van der Waals surface area contributed by atoms with E-state index >= 15 is 0 Å². The molecule has 1 aromatic carbocycles. The fourth-order valence-electron chi connectivity index (χ4n) is 1.95. The van der Waals surface area contributed by atoms with Gasteiger partial charge in [0, 0.05) is 16.8 Å². The van der Waals surface area contributed by atoms with Gasteiger partial charge >= 0.3 is 0 Å². The van der Waals surface area contributed by atoms with E-state index in [4.69, 9.17) is 10.5 Å². The van der Waals surface area contributed by atoms with E-state index in [1.54, 1.807) is 0 Å². The van der Waals surface area contributed by atoms with Gasteiger partial charge in [0.15, 0.2) is 0 Å². The molecule has 2 N–H and O–H groups in total. The molecule has 0 aromatic heterocycles. The van der Waals surface area contributed by atoms with E-state index < -0.39 is 0 Å². The van der Waals surface area contributed by atoms with Gasteiger partial charge in [-0.2, -0.15) is 0 Å². The minimum absolute atomic E-state index is 0.0387. The Bertz CT molecular complexity index is 497. The molecule has 1 aliphatic heterocycles. The molecule has 74 valence electrons. The van der Waals surface area contributed by atoms with Crippen molar-refractivity contribution in [1.29, 1.82) is 0 Å². The summed E-state index contributed by atoms with van der Waals surface area (Å²) in [4.78, 5) is 0. The van der Waals surface area contributed by atoms with Crippen LogP contribution in [0.2, 0.25) is 0 Å². The van der Waals surface area contributed by atoms with E-state index in [0.29, 0.717) is 0 Å². The highest BCUT2D eigenvalue weighted by molar-refractivity contribution is 5.81. The molecule has 2 heteroatoms. The van der Waals surface area contributed by atoms with Crippen molar-refractivity contribution < 1.29 is 4.74 Å². The predicted octanol–water partition coefficient (Wildman–Crippen LogP) is 2.54. The molecule has 1 unspecified atom stereocenters. The lowest BCUT2D eigenvalue weighted by Gasteiger charge is -2.04. The van der Waals surface area contributed by atoms with Crippen molar-refractivity contribution in [2.24, 2.45) is 0 Å². The fraction of sp³-hybridized carbons (Fsp3) is 0.0769. The van der Waals surface area contributed by atoms with Crippen LogP contribution in [-0.4, -0.2) is 6.10 Å². The van der Waals surface area contributed by atoms with E-state index in [1.165, 1.54) is 5.57 Å². The minimum Gasteiger partial charge on any atom is -0.481 e. The van der Waals surface area contributed by atoms with Gasteiger partial charge in [0.1, 0.15) is 11.9 Å². The smallest absolute Gasteiger partial charge is 0.143 e. The SMILES string of the molecule is Nc1ccc2c(c1)C1=CC=CC=CC1O2. The highest BCUT2D eigenvalue weighted by atomic mass is 16.5. The van der Waals surface area contributed by atoms with Crippen molar-refractivity contribution in [3.8, 4) is 5.75 Å². The second-order valence-electron chi connectivity index (χ2n) is 3.69. The first kappa shape index (κ1) is 8.36. The zero-order chi connectivity index (χ0) is 10.3. The summed E-state index contributed by atoms with van der Waals surface area (Å²) in [7, 11) is 0. The average molecular weight is 197 g/mol. The lowest BCUT2D eigenvalue weighted by Crippen LogP contribution is -2.06. The van der Waals surface area contributed by atoms with Gasteiger partial charge in [-0.25, -0.2) is 0 Å². The van der Waals surface area contributed by atoms with E-state index in [-0.39, 0.29) is 6.10 Å². The monoisotopic (exact) mass is 197 g/mol. The number of benzene rings is 1. The summed E-state index contributed by atoms with van der Waals surface area (Å²) in [5.74, 6) is 0.917. The predicted molar refractivity (Wildman–Crippen MR) is 61.5 cm³/mol. The Morgan fingerprint density at radius 3 is 3.00 bits per heavy atom. The minimum atomic E-state index is 0.0387. The highest BCUT2D eigenvalue weighted by Gasteiger charge is 2.26. The summed E-state index contributed by atoms with van der Waals surface area (Å²) in [6.45, 7) is 0. The van der Waals surface area contributed by atoms with Gasteiger partial charge in [-0.05, 0) is 24.3 Å². The van der Waals surface area contributed by atoms with Gasteiger partial charge in [0.25, 0.3) is 0 Å². The number of rotatable bonds is 0. The molecule has 0 fully saturated rings. The molecular weight excluding hydrogens is 186 g/mol. The highest BCUT2D eigenvalue weighted by Crippen LogP contribution is 2.39.